The fourth-order valence-corrected chi connectivity index (χ4v) is 3.37. The molecule has 0 saturated heterocycles. The lowest BCUT2D eigenvalue weighted by Crippen LogP contribution is -2.37. The van der Waals surface area contributed by atoms with Crippen LogP contribution in [0.4, 0.5) is 5.69 Å². The molecule has 2 heterocycles. The number of fused-ring (bicyclic) bond motifs is 3. The van der Waals surface area contributed by atoms with E-state index in [1.807, 2.05) is 16.8 Å². The van der Waals surface area contributed by atoms with E-state index in [2.05, 4.69) is 62.9 Å². The van der Waals surface area contributed by atoms with Crippen LogP contribution in [0.5, 0.6) is 0 Å². The van der Waals surface area contributed by atoms with Gasteiger partial charge in [0, 0.05) is 6.04 Å². The van der Waals surface area contributed by atoms with E-state index in [0.717, 1.165) is 11.5 Å². The molecule has 0 bridgehead atoms. The lowest BCUT2D eigenvalue weighted by Gasteiger charge is -2.38. The molecule has 1 fully saturated rings. The molecule has 0 spiro atoms. The first-order chi connectivity index (χ1) is 10.9. The van der Waals surface area contributed by atoms with Gasteiger partial charge in [-0.3, -0.25) is 0 Å². The number of nitrogens with zero attached hydrogens (tertiary/aromatic N) is 5. The SMILES string of the molecule is c1ccc(C2c3nnnn3-c3ccccc3N2C2CC2)cc1. The summed E-state index contributed by atoms with van der Waals surface area (Å²) in [6.45, 7) is 0. The van der Waals surface area contributed by atoms with Gasteiger partial charge in [0.05, 0.1) is 11.4 Å². The minimum Gasteiger partial charge on any atom is -0.352 e. The molecule has 108 valence electrons. The van der Waals surface area contributed by atoms with Crippen molar-refractivity contribution >= 4 is 5.69 Å². The topological polar surface area (TPSA) is 46.8 Å². The van der Waals surface area contributed by atoms with E-state index in [0.29, 0.717) is 6.04 Å². The van der Waals surface area contributed by atoms with Gasteiger partial charge in [-0.2, -0.15) is 4.68 Å². The zero-order chi connectivity index (χ0) is 14.5. The normalized spacial score (nSPS) is 19.6. The summed E-state index contributed by atoms with van der Waals surface area (Å²) in [5, 5.41) is 12.5. The van der Waals surface area contributed by atoms with Gasteiger partial charge in [0.15, 0.2) is 5.82 Å². The highest BCUT2D eigenvalue weighted by Gasteiger charge is 2.42. The molecule has 1 aliphatic carbocycles. The van der Waals surface area contributed by atoms with Crippen molar-refractivity contribution in [1.82, 2.24) is 20.2 Å². The lowest BCUT2D eigenvalue weighted by molar-refractivity contribution is 0.607. The van der Waals surface area contributed by atoms with Crippen LogP contribution < -0.4 is 4.90 Å². The van der Waals surface area contributed by atoms with Crippen molar-refractivity contribution in [2.45, 2.75) is 24.9 Å². The summed E-state index contributed by atoms with van der Waals surface area (Å²) in [4.78, 5) is 2.50. The maximum Gasteiger partial charge on any atom is 0.183 e. The number of tetrazole rings is 1. The molecule has 0 N–H and O–H groups in total. The molecule has 22 heavy (non-hydrogen) atoms. The number of hydrogen-bond donors (Lipinski definition) is 0. The van der Waals surface area contributed by atoms with Crippen molar-refractivity contribution in [2.75, 3.05) is 4.90 Å². The largest absolute Gasteiger partial charge is 0.352 e. The molecule has 1 atom stereocenters. The molecular formula is C17H15N5. The molecule has 5 rings (SSSR count). The first-order valence-corrected chi connectivity index (χ1v) is 7.64. The standard InChI is InChI=1S/C17H15N5/c1-2-6-12(7-3-1)16-17-18-19-20-22(17)15-9-5-4-8-14(15)21(16)13-10-11-13/h1-9,13,16H,10-11H2. The summed E-state index contributed by atoms with van der Waals surface area (Å²) in [6, 6.07) is 19.6. The second-order valence-corrected chi connectivity index (χ2v) is 5.89. The molecule has 5 nitrogen and oxygen atoms in total. The van der Waals surface area contributed by atoms with Crippen LogP contribution in [0.3, 0.4) is 0 Å². The molecule has 0 amide bonds. The monoisotopic (exact) mass is 289 g/mol. The van der Waals surface area contributed by atoms with Crippen molar-refractivity contribution in [2.24, 2.45) is 0 Å². The minimum atomic E-state index is 0.0820. The van der Waals surface area contributed by atoms with Gasteiger partial charge in [-0.25, -0.2) is 0 Å². The molecule has 5 heteroatoms. The Hall–Kier alpha value is -2.69. The highest BCUT2D eigenvalue weighted by molar-refractivity contribution is 5.68. The van der Waals surface area contributed by atoms with Crippen LogP contribution in [-0.4, -0.2) is 26.2 Å². The third-order valence-corrected chi connectivity index (χ3v) is 4.46. The highest BCUT2D eigenvalue weighted by atomic mass is 15.6. The fraction of sp³-hybridized carbons (Fsp3) is 0.235. The number of hydrogen-bond acceptors (Lipinski definition) is 4. The average molecular weight is 289 g/mol. The number of anilines is 1. The van der Waals surface area contributed by atoms with Crippen LogP contribution in [-0.2, 0) is 0 Å². The Labute approximate surface area is 128 Å². The zero-order valence-electron chi connectivity index (χ0n) is 12.0. The van der Waals surface area contributed by atoms with E-state index in [1.54, 1.807) is 0 Å². The number of para-hydroxylation sites is 2. The Bertz CT molecular complexity index is 822. The van der Waals surface area contributed by atoms with Gasteiger partial charge in [0.2, 0.25) is 0 Å². The van der Waals surface area contributed by atoms with Gasteiger partial charge >= 0.3 is 0 Å². The van der Waals surface area contributed by atoms with Gasteiger partial charge in [0.1, 0.15) is 6.04 Å². The molecule has 2 aromatic carbocycles. The van der Waals surface area contributed by atoms with Gasteiger partial charge in [-0.05, 0) is 41.0 Å². The van der Waals surface area contributed by atoms with Gasteiger partial charge < -0.3 is 4.90 Å². The highest BCUT2D eigenvalue weighted by Crippen LogP contribution is 2.46. The Morgan fingerprint density at radius 2 is 1.59 bits per heavy atom. The van der Waals surface area contributed by atoms with Crippen LogP contribution >= 0.6 is 0 Å². The molecule has 0 radical (unpaired) electrons. The van der Waals surface area contributed by atoms with Gasteiger partial charge in [-0.1, -0.05) is 42.5 Å². The van der Waals surface area contributed by atoms with Crippen LogP contribution in [0.25, 0.3) is 5.69 Å². The third-order valence-electron chi connectivity index (χ3n) is 4.46. The van der Waals surface area contributed by atoms with Crippen LogP contribution in [0, 0.1) is 0 Å². The van der Waals surface area contributed by atoms with Crippen LogP contribution in [0.15, 0.2) is 54.6 Å². The zero-order valence-corrected chi connectivity index (χ0v) is 12.0. The summed E-state index contributed by atoms with van der Waals surface area (Å²) in [5.74, 6) is 0.900. The van der Waals surface area contributed by atoms with Crippen LogP contribution in [0.2, 0.25) is 0 Å². The Kier molecular flexibility index (Phi) is 2.38. The number of benzene rings is 2. The second-order valence-electron chi connectivity index (χ2n) is 5.89. The Balaban J connectivity index is 1.77. The molecule has 1 unspecified atom stereocenters. The van der Waals surface area contributed by atoms with Crippen LogP contribution in [0.1, 0.15) is 30.3 Å². The molecule has 1 aromatic heterocycles. The lowest BCUT2D eigenvalue weighted by atomic mass is 10.0. The van der Waals surface area contributed by atoms with E-state index < -0.39 is 0 Å². The smallest absolute Gasteiger partial charge is 0.183 e. The van der Waals surface area contributed by atoms with Crippen molar-refractivity contribution in [1.29, 1.82) is 0 Å². The molecule has 2 aliphatic rings. The number of aromatic nitrogens is 4. The molecule has 1 saturated carbocycles. The summed E-state index contributed by atoms with van der Waals surface area (Å²) >= 11 is 0. The van der Waals surface area contributed by atoms with E-state index >= 15 is 0 Å². The van der Waals surface area contributed by atoms with E-state index in [9.17, 15) is 0 Å². The predicted octanol–water partition coefficient (Wildman–Crippen LogP) is 2.73. The van der Waals surface area contributed by atoms with Crippen molar-refractivity contribution < 1.29 is 0 Å². The minimum absolute atomic E-state index is 0.0820. The number of rotatable bonds is 2. The summed E-state index contributed by atoms with van der Waals surface area (Å²) in [5.41, 5.74) is 3.53. The predicted molar refractivity (Wildman–Crippen MR) is 82.9 cm³/mol. The molecular weight excluding hydrogens is 274 g/mol. The van der Waals surface area contributed by atoms with Crippen molar-refractivity contribution in [3.63, 3.8) is 0 Å². The van der Waals surface area contributed by atoms with Gasteiger partial charge in [0.25, 0.3) is 0 Å². The summed E-state index contributed by atoms with van der Waals surface area (Å²) in [7, 11) is 0. The summed E-state index contributed by atoms with van der Waals surface area (Å²) in [6.07, 6.45) is 2.47. The Morgan fingerprint density at radius 3 is 2.36 bits per heavy atom. The maximum atomic E-state index is 4.33. The second kappa shape index (κ2) is 4.40. The fourth-order valence-electron chi connectivity index (χ4n) is 3.37. The van der Waals surface area contributed by atoms with Gasteiger partial charge in [-0.15, -0.1) is 5.10 Å². The van der Waals surface area contributed by atoms with E-state index in [1.165, 1.54) is 24.1 Å². The van der Waals surface area contributed by atoms with E-state index in [-0.39, 0.29) is 6.04 Å². The first-order valence-electron chi connectivity index (χ1n) is 7.64. The van der Waals surface area contributed by atoms with Crippen molar-refractivity contribution in [3.8, 4) is 5.69 Å². The van der Waals surface area contributed by atoms with Crippen molar-refractivity contribution in [3.05, 3.63) is 66.0 Å². The average Bonchev–Trinajstić information content (AvgIpc) is 3.30. The first kappa shape index (κ1) is 11.9. The van der Waals surface area contributed by atoms with E-state index in [4.69, 9.17) is 0 Å². The maximum absolute atomic E-state index is 4.33. The summed E-state index contributed by atoms with van der Waals surface area (Å²) < 4.78 is 1.88. The molecule has 1 aliphatic heterocycles. The molecule has 3 aromatic rings. The quantitative estimate of drug-likeness (QED) is 0.728. The third kappa shape index (κ3) is 1.62. The Morgan fingerprint density at radius 1 is 0.864 bits per heavy atom.